The van der Waals surface area contributed by atoms with Crippen molar-refractivity contribution in [3.05, 3.63) is 33.4 Å². The van der Waals surface area contributed by atoms with Crippen LogP contribution in [0.15, 0.2) is 12.1 Å². The summed E-state index contributed by atoms with van der Waals surface area (Å²) >= 11 is 7.61. The third-order valence-electron chi connectivity index (χ3n) is 6.03. The van der Waals surface area contributed by atoms with Crippen LogP contribution in [0.25, 0.3) is 10.1 Å². The van der Waals surface area contributed by atoms with Crippen molar-refractivity contribution in [2.45, 2.75) is 45.2 Å². The average molecular weight is 381 g/mol. The molecule has 25 heavy (non-hydrogen) atoms. The zero-order valence-electron chi connectivity index (χ0n) is 14.7. The van der Waals surface area contributed by atoms with Gasteiger partial charge in [-0.05, 0) is 70.1 Å². The van der Waals surface area contributed by atoms with Crippen LogP contribution in [0.1, 0.15) is 41.9 Å². The first kappa shape index (κ1) is 17.3. The Morgan fingerprint density at radius 2 is 2.04 bits per heavy atom. The third kappa shape index (κ3) is 2.68. The highest BCUT2D eigenvalue weighted by molar-refractivity contribution is 7.21. The van der Waals surface area contributed by atoms with Gasteiger partial charge in [-0.25, -0.2) is 4.39 Å². The molecule has 5 rings (SSSR count). The highest BCUT2D eigenvalue weighted by atomic mass is 35.5. The van der Waals surface area contributed by atoms with E-state index in [1.807, 2.05) is 0 Å². The molecule has 0 radical (unpaired) electrons. The molecule has 1 aromatic carbocycles. The van der Waals surface area contributed by atoms with E-state index < -0.39 is 0 Å². The first-order valence-electron chi connectivity index (χ1n) is 8.73. The number of thiophene rings is 1. The Hall–Kier alpha value is -1.17. The van der Waals surface area contributed by atoms with Crippen LogP contribution < -0.4 is 5.32 Å². The van der Waals surface area contributed by atoms with Crippen molar-refractivity contribution < 1.29 is 9.18 Å². The Labute approximate surface area is 156 Å². The number of hydrogen-bond acceptors (Lipinski definition) is 3. The SMILES string of the molecule is Cc1c(F)cc2cc(C(=O)N[C@H]3C4CCN(CC4)C3(C)C)sc2c1Cl. The number of carbonyl (C=O) groups is 1. The first-order chi connectivity index (χ1) is 11.8. The molecule has 3 fully saturated rings. The maximum Gasteiger partial charge on any atom is 0.261 e. The quantitative estimate of drug-likeness (QED) is 0.825. The second kappa shape index (κ2) is 5.93. The molecule has 6 heteroatoms. The molecule has 0 aliphatic carbocycles. The van der Waals surface area contributed by atoms with Gasteiger partial charge < -0.3 is 5.32 Å². The van der Waals surface area contributed by atoms with Gasteiger partial charge in [0.05, 0.1) is 14.6 Å². The van der Waals surface area contributed by atoms with Gasteiger partial charge in [0.1, 0.15) is 5.82 Å². The normalized spacial score (nSPS) is 27.6. The van der Waals surface area contributed by atoms with Crippen molar-refractivity contribution in [2.75, 3.05) is 13.1 Å². The number of nitrogens with one attached hydrogen (secondary N) is 1. The number of fused-ring (bicyclic) bond motifs is 4. The second-order valence-electron chi connectivity index (χ2n) is 7.76. The Kier molecular flexibility index (Phi) is 4.09. The van der Waals surface area contributed by atoms with E-state index in [2.05, 4.69) is 24.1 Å². The minimum absolute atomic E-state index is 0.0339. The van der Waals surface area contributed by atoms with Crippen LogP contribution in [0.5, 0.6) is 0 Å². The van der Waals surface area contributed by atoms with E-state index in [0.717, 1.165) is 30.6 Å². The first-order valence-corrected chi connectivity index (χ1v) is 9.92. The standard InChI is InChI=1S/C19H22ClFN2OS/c1-10-13(21)8-12-9-14(25-16(12)15(10)20)18(24)22-17-11-4-6-23(7-5-11)19(17,2)3/h8-9,11,17H,4-7H2,1-3H3,(H,22,24)/t17-/m0/s1. The van der Waals surface area contributed by atoms with E-state index in [-0.39, 0.29) is 23.3 Å². The summed E-state index contributed by atoms with van der Waals surface area (Å²) in [4.78, 5) is 15.9. The molecule has 3 nitrogen and oxygen atoms in total. The summed E-state index contributed by atoms with van der Waals surface area (Å²) in [5.74, 6) is 0.115. The van der Waals surface area contributed by atoms with Gasteiger partial charge in [0.25, 0.3) is 5.91 Å². The number of nitrogens with zero attached hydrogens (tertiary/aromatic N) is 1. The lowest BCUT2D eigenvalue weighted by atomic mass is 9.72. The number of hydrogen-bond donors (Lipinski definition) is 1. The van der Waals surface area contributed by atoms with E-state index in [4.69, 9.17) is 11.6 Å². The van der Waals surface area contributed by atoms with Crippen molar-refractivity contribution >= 4 is 38.9 Å². The molecule has 3 aliphatic rings. The van der Waals surface area contributed by atoms with Gasteiger partial charge in [-0.2, -0.15) is 0 Å². The van der Waals surface area contributed by atoms with Crippen molar-refractivity contribution in [3.63, 3.8) is 0 Å². The molecule has 0 saturated carbocycles. The van der Waals surface area contributed by atoms with E-state index in [1.54, 1.807) is 13.0 Å². The number of piperidine rings is 3. The zero-order valence-corrected chi connectivity index (χ0v) is 16.2. The summed E-state index contributed by atoms with van der Waals surface area (Å²) in [6, 6.07) is 3.35. The molecule has 0 spiro atoms. The van der Waals surface area contributed by atoms with E-state index in [9.17, 15) is 9.18 Å². The lowest BCUT2D eigenvalue weighted by molar-refractivity contribution is -0.0377. The van der Waals surface area contributed by atoms with Crippen LogP contribution in [0, 0.1) is 18.7 Å². The maximum atomic E-state index is 13.9. The van der Waals surface area contributed by atoms with Gasteiger partial charge in [0.15, 0.2) is 0 Å². The van der Waals surface area contributed by atoms with Gasteiger partial charge in [0.2, 0.25) is 0 Å². The van der Waals surface area contributed by atoms with Gasteiger partial charge >= 0.3 is 0 Å². The molecule has 3 saturated heterocycles. The highest BCUT2D eigenvalue weighted by Crippen LogP contribution is 2.40. The third-order valence-corrected chi connectivity index (χ3v) is 7.78. The van der Waals surface area contributed by atoms with Crippen LogP contribution in [0.2, 0.25) is 5.02 Å². The van der Waals surface area contributed by atoms with E-state index in [0.29, 0.717) is 26.8 Å². The molecule has 1 N–H and O–H groups in total. The van der Waals surface area contributed by atoms with Crippen LogP contribution >= 0.6 is 22.9 Å². The molecule has 0 unspecified atom stereocenters. The monoisotopic (exact) mass is 380 g/mol. The van der Waals surface area contributed by atoms with Crippen LogP contribution in [0.4, 0.5) is 4.39 Å². The number of benzene rings is 1. The Balaban J connectivity index is 1.63. The molecular weight excluding hydrogens is 359 g/mol. The number of halogens is 2. The molecule has 2 aromatic rings. The maximum absolute atomic E-state index is 13.9. The Morgan fingerprint density at radius 1 is 1.36 bits per heavy atom. The van der Waals surface area contributed by atoms with Gasteiger partial charge in [-0.3, -0.25) is 9.69 Å². The summed E-state index contributed by atoms with van der Waals surface area (Å²) in [5, 5.41) is 4.36. The number of rotatable bonds is 2. The highest BCUT2D eigenvalue weighted by Gasteiger charge is 2.48. The largest absolute Gasteiger partial charge is 0.346 e. The molecule has 3 aliphatic heterocycles. The van der Waals surface area contributed by atoms with Crippen LogP contribution in [0.3, 0.4) is 0 Å². The summed E-state index contributed by atoms with van der Waals surface area (Å²) in [5.41, 5.74) is 0.398. The van der Waals surface area contributed by atoms with E-state index >= 15 is 0 Å². The summed E-state index contributed by atoms with van der Waals surface area (Å²) in [7, 11) is 0. The molecule has 134 valence electrons. The minimum atomic E-state index is -0.333. The van der Waals surface area contributed by atoms with E-state index in [1.165, 1.54) is 17.4 Å². The Morgan fingerprint density at radius 3 is 2.68 bits per heavy atom. The average Bonchev–Trinajstić information content (AvgIpc) is 3.00. The summed E-state index contributed by atoms with van der Waals surface area (Å²) in [6.07, 6.45) is 2.27. The predicted molar refractivity (Wildman–Crippen MR) is 101 cm³/mol. The topological polar surface area (TPSA) is 32.3 Å². The van der Waals surface area contributed by atoms with Gasteiger partial charge in [-0.1, -0.05) is 11.6 Å². The number of carbonyl (C=O) groups excluding carboxylic acids is 1. The molecule has 1 atom stereocenters. The van der Waals surface area contributed by atoms with Crippen molar-refractivity contribution in [2.24, 2.45) is 5.92 Å². The van der Waals surface area contributed by atoms with Crippen molar-refractivity contribution in [1.82, 2.24) is 10.2 Å². The lowest BCUT2D eigenvalue weighted by Crippen LogP contribution is -2.69. The predicted octanol–water partition coefficient (Wildman–Crippen LogP) is 4.60. The minimum Gasteiger partial charge on any atom is -0.346 e. The molecule has 1 aromatic heterocycles. The molecular formula is C19H22ClFN2OS. The van der Waals surface area contributed by atoms with Gasteiger partial charge in [-0.15, -0.1) is 11.3 Å². The van der Waals surface area contributed by atoms with Crippen LogP contribution in [-0.4, -0.2) is 35.5 Å². The lowest BCUT2D eigenvalue weighted by Gasteiger charge is -2.56. The van der Waals surface area contributed by atoms with Crippen LogP contribution in [-0.2, 0) is 0 Å². The summed E-state index contributed by atoms with van der Waals surface area (Å²) in [6.45, 7) is 8.31. The fraction of sp³-hybridized carbons (Fsp3) is 0.526. The molecule has 1 amide bonds. The summed E-state index contributed by atoms with van der Waals surface area (Å²) < 4.78 is 14.7. The molecule has 2 bridgehead atoms. The van der Waals surface area contributed by atoms with Gasteiger partial charge in [0, 0.05) is 17.1 Å². The Bertz CT molecular complexity index is 855. The second-order valence-corrected chi connectivity index (χ2v) is 9.19. The zero-order chi connectivity index (χ0) is 17.9. The fourth-order valence-corrected chi connectivity index (χ4v) is 5.76. The van der Waals surface area contributed by atoms with Crippen molar-refractivity contribution in [1.29, 1.82) is 0 Å². The number of amides is 1. The van der Waals surface area contributed by atoms with Crippen molar-refractivity contribution in [3.8, 4) is 0 Å². The fourth-order valence-electron chi connectivity index (χ4n) is 4.41. The molecule has 4 heterocycles. The smallest absolute Gasteiger partial charge is 0.261 e.